The Balaban J connectivity index is 1.82. The van der Waals surface area contributed by atoms with E-state index in [-0.39, 0.29) is 17.0 Å². The SMILES string of the molecule is CC(=O)c1ccc(N2C(=O)C3C(c4ccc(C(F)(F)F)cc4)NC(C(=O)O)(C(C)C)C3C2=O)cc1. The number of alkyl halides is 3. The fourth-order valence-electron chi connectivity index (χ4n) is 5.18. The summed E-state index contributed by atoms with van der Waals surface area (Å²) in [4.78, 5) is 52.2. The van der Waals surface area contributed by atoms with Crippen molar-refractivity contribution in [2.45, 2.75) is 38.5 Å². The molecule has 2 fully saturated rings. The van der Waals surface area contributed by atoms with Crippen LogP contribution in [0.1, 0.15) is 48.3 Å². The van der Waals surface area contributed by atoms with Crippen LogP contribution < -0.4 is 10.2 Å². The molecule has 0 radical (unpaired) electrons. The number of halogens is 3. The van der Waals surface area contributed by atoms with Crippen molar-refractivity contribution in [1.29, 1.82) is 0 Å². The van der Waals surface area contributed by atoms with Crippen LogP contribution in [0, 0.1) is 17.8 Å². The lowest BCUT2D eigenvalue weighted by Crippen LogP contribution is -2.59. The molecule has 2 amide bonds. The number of amides is 2. The molecule has 35 heavy (non-hydrogen) atoms. The predicted octanol–water partition coefficient (Wildman–Crippen LogP) is 3.84. The Bertz CT molecular complexity index is 1210. The third-order valence-corrected chi connectivity index (χ3v) is 6.99. The van der Waals surface area contributed by atoms with Gasteiger partial charge < -0.3 is 5.11 Å². The normalized spacial score (nSPS) is 26.4. The van der Waals surface area contributed by atoms with Crippen LogP contribution in [0.25, 0.3) is 0 Å². The van der Waals surface area contributed by atoms with Gasteiger partial charge in [-0.05, 0) is 54.8 Å². The summed E-state index contributed by atoms with van der Waals surface area (Å²) in [7, 11) is 0. The Labute approximate surface area is 198 Å². The number of Topliss-reactive ketones (excluding diaryl/α,β-unsaturated/α-hetero) is 1. The molecule has 7 nitrogen and oxygen atoms in total. The summed E-state index contributed by atoms with van der Waals surface area (Å²) in [6, 6.07) is 8.91. The van der Waals surface area contributed by atoms with E-state index < -0.39 is 58.9 Å². The first-order valence-corrected chi connectivity index (χ1v) is 11.0. The molecule has 2 aliphatic heterocycles. The maximum atomic E-state index is 13.6. The van der Waals surface area contributed by atoms with Crippen LogP contribution in [0.2, 0.25) is 0 Å². The van der Waals surface area contributed by atoms with Gasteiger partial charge in [-0.15, -0.1) is 0 Å². The minimum absolute atomic E-state index is 0.189. The minimum atomic E-state index is -4.56. The second-order valence-corrected chi connectivity index (χ2v) is 9.19. The van der Waals surface area contributed by atoms with Gasteiger partial charge in [0.1, 0.15) is 5.54 Å². The zero-order valence-corrected chi connectivity index (χ0v) is 19.1. The van der Waals surface area contributed by atoms with Crippen molar-refractivity contribution in [1.82, 2.24) is 5.32 Å². The van der Waals surface area contributed by atoms with E-state index >= 15 is 0 Å². The van der Waals surface area contributed by atoms with Crippen molar-refractivity contribution in [3.8, 4) is 0 Å². The number of carboxylic acid groups (broad SMARTS) is 1. The first-order chi connectivity index (χ1) is 16.3. The van der Waals surface area contributed by atoms with Crippen LogP contribution in [0.4, 0.5) is 18.9 Å². The van der Waals surface area contributed by atoms with Crippen molar-refractivity contribution < 1.29 is 37.5 Å². The lowest BCUT2D eigenvalue weighted by atomic mass is 9.73. The number of fused-ring (bicyclic) bond motifs is 1. The maximum Gasteiger partial charge on any atom is 0.416 e. The number of nitrogens with zero attached hydrogens (tertiary/aromatic N) is 1. The number of aliphatic carboxylic acids is 1. The molecular formula is C25H23F3N2O5. The van der Waals surface area contributed by atoms with Gasteiger partial charge in [0, 0.05) is 11.6 Å². The van der Waals surface area contributed by atoms with Crippen molar-refractivity contribution in [3.05, 3.63) is 65.2 Å². The van der Waals surface area contributed by atoms with E-state index in [0.29, 0.717) is 5.56 Å². The van der Waals surface area contributed by atoms with Crippen molar-refractivity contribution in [2.75, 3.05) is 4.90 Å². The van der Waals surface area contributed by atoms with E-state index in [0.717, 1.165) is 17.0 Å². The summed E-state index contributed by atoms with van der Waals surface area (Å²) in [5.74, 6) is -5.97. The molecule has 4 rings (SSSR count). The van der Waals surface area contributed by atoms with Crippen LogP contribution in [-0.4, -0.2) is 34.2 Å². The molecule has 4 atom stereocenters. The summed E-state index contributed by atoms with van der Waals surface area (Å²) in [6.45, 7) is 4.58. The van der Waals surface area contributed by atoms with Gasteiger partial charge in [-0.25, -0.2) is 4.90 Å². The number of nitrogens with one attached hydrogen (secondary N) is 1. The molecule has 2 heterocycles. The van der Waals surface area contributed by atoms with E-state index in [4.69, 9.17) is 0 Å². The van der Waals surface area contributed by atoms with Crippen LogP contribution in [-0.2, 0) is 20.6 Å². The van der Waals surface area contributed by atoms with Crippen LogP contribution >= 0.6 is 0 Å². The van der Waals surface area contributed by atoms with E-state index in [2.05, 4.69) is 5.32 Å². The molecule has 10 heteroatoms. The molecule has 2 aromatic rings. The zero-order chi connectivity index (χ0) is 25.9. The van der Waals surface area contributed by atoms with Gasteiger partial charge in [0.15, 0.2) is 5.78 Å². The molecule has 4 unspecified atom stereocenters. The van der Waals surface area contributed by atoms with E-state index in [9.17, 15) is 37.5 Å². The van der Waals surface area contributed by atoms with Crippen molar-refractivity contribution in [3.63, 3.8) is 0 Å². The molecule has 0 saturated carbocycles. The van der Waals surface area contributed by atoms with Gasteiger partial charge in [-0.2, -0.15) is 13.2 Å². The van der Waals surface area contributed by atoms with Crippen molar-refractivity contribution >= 4 is 29.3 Å². The molecule has 0 bridgehead atoms. The average molecular weight is 488 g/mol. The number of carboxylic acids is 1. The largest absolute Gasteiger partial charge is 0.480 e. The number of imide groups is 1. The number of benzene rings is 2. The first-order valence-electron chi connectivity index (χ1n) is 11.0. The van der Waals surface area contributed by atoms with Crippen LogP contribution in [0.5, 0.6) is 0 Å². The predicted molar refractivity (Wildman–Crippen MR) is 118 cm³/mol. The molecule has 2 aromatic carbocycles. The minimum Gasteiger partial charge on any atom is -0.480 e. The van der Waals surface area contributed by atoms with Crippen molar-refractivity contribution in [2.24, 2.45) is 17.8 Å². The van der Waals surface area contributed by atoms with Gasteiger partial charge in [0.2, 0.25) is 11.8 Å². The number of carbonyl (C=O) groups is 4. The number of hydrogen-bond acceptors (Lipinski definition) is 5. The number of carbonyl (C=O) groups excluding carboxylic acids is 3. The third kappa shape index (κ3) is 3.72. The quantitative estimate of drug-likeness (QED) is 0.490. The smallest absolute Gasteiger partial charge is 0.416 e. The Morgan fingerprint density at radius 2 is 1.57 bits per heavy atom. The first kappa shape index (κ1) is 24.6. The topological polar surface area (TPSA) is 104 Å². The number of hydrogen-bond donors (Lipinski definition) is 2. The molecule has 0 spiro atoms. The van der Waals surface area contributed by atoms with Gasteiger partial charge in [-0.1, -0.05) is 26.0 Å². The molecule has 184 valence electrons. The lowest BCUT2D eigenvalue weighted by molar-refractivity contribution is -0.151. The number of ketones is 1. The summed E-state index contributed by atoms with van der Waals surface area (Å²) >= 11 is 0. The molecular weight excluding hydrogens is 465 g/mol. The average Bonchev–Trinajstić information content (AvgIpc) is 3.28. The van der Waals surface area contributed by atoms with E-state index in [1.165, 1.54) is 43.3 Å². The highest BCUT2D eigenvalue weighted by Gasteiger charge is 2.69. The van der Waals surface area contributed by atoms with Gasteiger partial charge in [0.05, 0.1) is 23.1 Å². The van der Waals surface area contributed by atoms with E-state index in [1.807, 2.05) is 0 Å². The summed E-state index contributed by atoms with van der Waals surface area (Å²) < 4.78 is 39.2. The van der Waals surface area contributed by atoms with Gasteiger partial charge in [0.25, 0.3) is 0 Å². The standard InChI is InChI=1S/C25H23F3N2O5/c1-12(2)24(23(34)35)19-18(20(29-24)15-4-8-16(9-5-15)25(26,27)28)21(32)30(22(19)33)17-10-6-14(7-11-17)13(3)31/h4-12,18-20,29H,1-3H3,(H,34,35). The molecule has 2 N–H and O–H groups in total. The molecule has 2 saturated heterocycles. The molecule has 2 aliphatic rings. The molecule has 0 aliphatic carbocycles. The fourth-order valence-corrected chi connectivity index (χ4v) is 5.18. The lowest BCUT2D eigenvalue weighted by Gasteiger charge is -2.34. The highest BCUT2D eigenvalue weighted by atomic mass is 19.4. The highest BCUT2D eigenvalue weighted by molar-refractivity contribution is 6.24. The Kier molecular flexibility index (Phi) is 5.83. The Hall–Kier alpha value is -3.53. The fraction of sp³-hybridized carbons (Fsp3) is 0.360. The van der Waals surface area contributed by atoms with E-state index in [1.54, 1.807) is 13.8 Å². The second kappa shape index (κ2) is 8.30. The number of anilines is 1. The second-order valence-electron chi connectivity index (χ2n) is 9.19. The maximum absolute atomic E-state index is 13.6. The van der Waals surface area contributed by atoms with Crippen LogP contribution in [0.15, 0.2) is 48.5 Å². The zero-order valence-electron chi connectivity index (χ0n) is 19.1. The number of rotatable bonds is 5. The van der Waals surface area contributed by atoms with Crippen LogP contribution in [0.3, 0.4) is 0 Å². The Morgan fingerprint density at radius 1 is 1.00 bits per heavy atom. The third-order valence-electron chi connectivity index (χ3n) is 6.99. The van der Waals surface area contributed by atoms with Gasteiger partial charge in [-0.3, -0.25) is 24.5 Å². The Morgan fingerprint density at radius 3 is 2.03 bits per heavy atom. The summed E-state index contributed by atoms with van der Waals surface area (Å²) in [5.41, 5.74) is -1.87. The summed E-state index contributed by atoms with van der Waals surface area (Å²) in [6.07, 6.45) is -4.56. The van der Waals surface area contributed by atoms with Gasteiger partial charge >= 0.3 is 12.1 Å². The monoisotopic (exact) mass is 488 g/mol. The highest BCUT2D eigenvalue weighted by Crippen LogP contribution is 2.52. The molecule has 0 aromatic heterocycles. The summed E-state index contributed by atoms with van der Waals surface area (Å²) in [5, 5.41) is 13.2.